The SMILES string of the molecule is COc1ccccc1-c1cccc(CN2C[C@@H](c3ccc(F)c(F)c3)[C@@]3(CCCC(=O)N3)C2)c1. The number of piperidine rings is 1. The van der Waals surface area contributed by atoms with Gasteiger partial charge in [0.05, 0.1) is 12.6 Å². The molecule has 0 radical (unpaired) electrons. The van der Waals surface area contributed by atoms with Crippen LogP contribution in [0.15, 0.2) is 66.7 Å². The second-order valence-electron chi connectivity index (χ2n) is 9.35. The van der Waals surface area contributed by atoms with Gasteiger partial charge in [-0.05, 0) is 53.8 Å². The van der Waals surface area contributed by atoms with Gasteiger partial charge in [0.15, 0.2) is 11.6 Å². The molecule has 2 fully saturated rings. The minimum atomic E-state index is -0.853. The minimum Gasteiger partial charge on any atom is -0.496 e. The van der Waals surface area contributed by atoms with Gasteiger partial charge in [-0.1, -0.05) is 42.5 Å². The van der Waals surface area contributed by atoms with Crippen LogP contribution in [-0.2, 0) is 11.3 Å². The number of ether oxygens (including phenoxy) is 1. The molecule has 0 bridgehead atoms. The van der Waals surface area contributed by atoms with Gasteiger partial charge in [-0.25, -0.2) is 8.78 Å². The molecule has 1 N–H and O–H groups in total. The number of para-hydroxylation sites is 1. The number of carbonyl (C=O) groups excluding carboxylic acids is 1. The molecule has 2 aliphatic rings. The second kappa shape index (κ2) is 9.18. The van der Waals surface area contributed by atoms with Crippen molar-refractivity contribution in [2.45, 2.75) is 37.3 Å². The van der Waals surface area contributed by atoms with Gasteiger partial charge >= 0.3 is 0 Å². The number of halogens is 2. The fourth-order valence-electron chi connectivity index (χ4n) is 5.61. The highest BCUT2D eigenvalue weighted by atomic mass is 19.2. The summed E-state index contributed by atoms with van der Waals surface area (Å²) in [7, 11) is 1.67. The first-order valence-electron chi connectivity index (χ1n) is 11.7. The van der Waals surface area contributed by atoms with Gasteiger partial charge < -0.3 is 10.1 Å². The summed E-state index contributed by atoms with van der Waals surface area (Å²) in [5, 5.41) is 3.23. The van der Waals surface area contributed by atoms with Crippen LogP contribution < -0.4 is 10.1 Å². The van der Waals surface area contributed by atoms with Gasteiger partial charge in [-0.15, -0.1) is 0 Å². The molecule has 2 heterocycles. The molecular weight excluding hydrogens is 434 g/mol. The lowest BCUT2D eigenvalue weighted by molar-refractivity contribution is -0.125. The highest BCUT2D eigenvalue weighted by Crippen LogP contribution is 2.42. The van der Waals surface area contributed by atoms with Crippen molar-refractivity contribution in [2.24, 2.45) is 0 Å². The molecule has 4 nitrogen and oxygen atoms in total. The molecule has 0 aliphatic carbocycles. The molecule has 0 saturated carbocycles. The van der Waals surface area contributed by atoms with Gasteiger partial charge in [-0.2, -0.15) is 0 Å². The first kappa shape index (κ1) is 22.5. The van der Waals surface area contributed by atoms with E-state index >= 15 is 0 Å². The minimum absolute atomic E-state index is 0.0267. The van der Waals surface area contributed by atoms with E-state index in [1.165, 1.54) is 12.1 Å². The molecule has 2 aliphatic heterocycles. The Morgan fingerprint density at radius 1 is 1.06 bits per heavy atom. The predicted molar refractivity (Wildman–Crippen MR) is 128 cm³/mol. The van der Waals surface area contributed by atoms with Gasteiger partial charge in [0.25, 0.3) is 0 Å². The Balaban J connectivity index is 1.43. The fraction of sp³-hybridized carbons (Fsp3) is 0.321. The lowest BCUT2D eigenvalue weighted by Crippen LogP contribution is -2.56. The number of hydrogen-bond acceptors (Lipinski definition) is 3. The Kier molecular flexibility index (Phi) is 6.09. The zero-order valence-corrected chi connectivity index (χ0v) is 19.2. The summed E-state index contributed by atoms with van der Waals surface area (Å²) in [4.78, 5) is 14.7. The third-order valence-electron chi connectivity index (χ3n) is 7.13. The highest BCUT2D eigenvalue weighted by Gasteiger charge is 2.49. The number of rotatable bonds is 5. The molecule has 3 aromatic rings. The Hall–Kier alpha value is -3.25. The van der Waals surface area contributed by atoms with E-state index in [4.69, 9.17) is 4.74 Å². The Bertz CT molecular complexity index is 1210. The van der Waals surface area contributed by atoms with E-state index in [0.29, 0.717) is 26.1 Å². The standard InChI is InChI=1S/C28H28F2N2O2/c1-34-26-9-3-2-8-22(26)20-7-4-6-19(14-20)16-32-17-23(21-11-12-24(29)25(30)15-21)28(18-32)13-5-10-27(33)31-28/h2-4,6-9,11-12,14-15,23H,5,10,13,16-18H2,1H3,(H,31,33)/t23-,28+/m0/s1. The lowest BCUT2D eigenvalue weighted by atomic mass is 9.76. The highest BCUT2D eigenvalue weighted by molar-refractivity contribution is 5.78. The summed E-state index contributed by atoms with van der Waals surface area (Å²) in [5.74, 6) is -0.961. The largest absolute Gasteiger partial charge is 0.496 e. The molecule has 1 amide bonds. The van der Waals surface area contributed by atoms with Crippen LogP contribution in [0, 0.1) is 11.6 Å². The van der Waals surface area contributed by atoms with Crippen LogP contribution >= 0.6 is 0 Å². The van der Waals surface area contributed by atoms with Crippen molar-refractivity contribution < 1.29 is 18.3 Å². The maximum Gasteiger partial charge on any atom is 0.220 e. The zero-order chi connectivity index (χ0) is 23.7. The molecule has 0 unspecified atom stereocenters. The normalized spacial score (nSPS) is 22.7. The number of carbonyl (C=O) groups is 1. The van der Waals surface area contributed by atoms with Crippen LogP contribution in [0.1, 0.15) is 36.3 Å². The molecule has 34 heavy (non-hydrogen) atoms. The molecule has 0 aromatic heterocycles. The number of amides is 1. The third kappa shape index (κ3) is 4.30. The lowest BCUT2D eigenvalue weighted by Gasteiger charge is -2.39. The number of nitrogens with one attached hydrogen (secondary N) is 1. The summed E-state index contributed by atoms with van der Waals surface area (Å²) in [6.07, 6.45) is 2.12. The van der Waals surface area contributed by atoms with Crippen LogP contribution in [0.4, 0.5) is 8.78 Å². The van der Waals surface area contributed by atoms with Crippen LogP contribution in [0.5, 0.6) is 5.75 Å². The van der Waals surface area contributed by atoms with E-state index < -0.39 is 17.2 Å². The average Bonchev–Trinajstić information content (AvgIpc) is 3.17. The summed E-state index contributed by atoms with van der Waals surface area (Å²) < 4.78 is 33.2. The average molecular weight is 463 g/mol. The maximum atomic E-state index is 14.1. The van der Waals surface area contributed by atoms with Gasteiger partial charge in [0, 0.05) is 37.5 Å². The Morgan fingerprint density at radius 3 is 2.71 bits per heavy atom. The Labute approximate surface area is 198 Å². The van der Waals surface area contributed by atoms with E-state index in [0.717, 1.165) is 40.8 Å². The van der Waals surface area contributed by atoms with Crippen molar-refractivity contribution in [3.63, 3.8) is 0 Å². The summed E-state index contributed by atoms with van der Waals surface area (Å²) >= 11 is 0. The molecule has 2 saturated heterocycles. The fourth-order valence-corrected chi connectivity index (χ4v) is 5.61. The van der Waals surface area contributed by atoms with Crippen LogP contribution in [-0.4, -0.2) is 36.5 Å². The molecule has 3 aromatic carbocycles. The van der Waals surface area contributed by atoms with Crippen molar-refractivity contribution in [1.82, 2.24) is 10.2 Å². The molecule has 176 valence electrons. The monoisotopic (exact) mass is 462 g/mol. The molecular formula is C28H28F2N2O2. The molecule has 5 rings (SSSR count). The van der Waals surface area contributed by atoms with Crippen molar-refractivity contribution in [2.75, 3.05) is 20.2 Å². The first-order chi connectivity index (χ1) is 16.5. The summed E-state index contributed by atoms with van der Waals surface area (Å²) in [5.41, 5.74) is 3.51. The van der Waals surface area contributed by atoms with E-state index in [1.807, 2.05) is 30.3 Å². The number of nitrogens with zero attached hydrogens (tertiary/aromatic N) is 1. The van der Waals surface area contributed by atoms with Crippen molar-refractivity contribution >= 4 is 5.91 Å². The maximum absolute atomic E-state index is 14.1. The zero-order valence-electron chi connectivity index (χ0n) is 19.2. The summed E-state index contributed by atoms with van der Waals surface area (Å²) in [6.45, 7) is 2.02. The quantitative estimate of drug-likeness (QED) is 0.561. The van der Waals surface area contributed by atoms with Crippen LogP contribution in [0.2, 0.25) is 0 Å². The number of hydrogen-bond donors (Lipinski definition) is 1. The molecule has 6 heteroatoms. The van der Waals surface area contributed by atoms with Gasteiger partial charge in [0.1, 0.15) is 5.75 Å². The van der Waals surface area contributed by atoms with Crippen molar-refractivity contribution in [3.8, 4) is 16.9 Å². The van der Waals surface area contributed by atoms with E-state index in [9.17, 15) is 13.6 Å². The van der Waals surface area contributed by atoms with E-state index in [-0.39, 0.29) is 11.8 Å². The van der Waals surface area contributed by atoms with E-state index in [2.05, 4.69) is 28.4 Å². The first-order valence-corrected chi connectivity index (χ1v) is 11.7. The predicted octanol–water partition coefficient (Wildman–Crippen LogP) is 5.28. The van der Waals surface area contributed by atoms with Crippen molar-refractivity contribution in [1.29, 1.82) is 0 Å². The van der Waals surface area contributed by atoms with Gasteiger partial charge in [-0.3, -0.25) is 9.69 Å². The summed E-state index contributed by atoms with van der Waals surface area (Å²) in [6, 6.07) is 20.4. The number of benzene rings is 3. The smallest absolute Gasteiger partial charge is 0.220 e. The Morgan fingerprint density at radius 2 is 1.91 bits per heavy atom. The van der Waals surface area contributed by atoms with Gasteiger partial charge in [0.2, 0.25) is 5.91 Å². The molecule has 2 atom stereocenters. The number of likely N-dealkylation sites (tertiary alicyclic amines) is 1. The number of methoxy groups -OCH3 is 1. The second-order valence-corrected chi connectivity index (χ2v) is 9.35. The van der Waals surface area contributed by atoms with Crippen LogP contribution in [0.25, 0.3) is 11.1 Å². The third-order valence-corrected chi connectivity index (χ3v) is 7.13. The molecule has 1 spiro atoms. The topological polar surface area (TPSA) is 41.6 Å². The van der Waals surface area contributed by atoms with Crippen LogP contribution in [0.3, 0.4) is 0 Å². The van der Waals surface area contributed by atoms with Crippen molar-refractivity contribution in [3.05, 3.63) is 89.5 Å². The van der Waals surface area contributed by atoms with E-state index in [1.54, 1.807) is 13.2 Å².